The van der Waals surface area contributed by atoms with Crippen molar-refractivity contribution in [3.05, 3.63) is 88.4 Å². The Balaban J connectivity index is 1.68. The maximum atomic E-state index is 12.5. The number of para-hydroxylation sites is 2. The highest BCUT2D eigenvalue weighted by molar-refractivity contribution is 7.92. The van der Waals surface area contributed by atoms with Crippen LogP contribution in [0.5, 0.6) is 11.5 Å². The molecule has 0 aromatic heterocycles. The predicted molar refractivity (Wildman–Crippen MR) is 99.0 cm³/mol. The van der Waals surface area contributed by atoms with E-state index in [1.165, 1.54) is 24.3 Å². The number of rotatable bonds is 2. The molecule has 6 nitrogen and oxygen atoms in total. The largest absolute Gasteiger partial charge is 0.507 e. The van der Waals surface area contributed by atoms with Crippen molar-refractivity contribution in [1.82, 2.24) is 0 Å². The van der Waals surface area contributed by atoms with E-state index in [2.05, 4.69) is 0 Å². The number of aliphatic hydroxyl groups excluding tert-OH is 1. The van der Waals surface area contributed by atoms with Crippen LogP contribution in [0.4, 0.5) is 0 Å². The first-order chi connectivity index (χ1) is 13.0. The smallest absolute Gasteiger partial charge is 0.343 e. The Hall–Kier alpha value is -3.32. The minimum Gasteiger partial charge on any atom is -0.507 e. The Bertz CT molecular complexity index is 1140. The quantitative estimate of drug-likeness (QED) is 0.632. The fraction of sp³-hybridized carbons (Fsp3) is 0.0500. The van der Waals surface area contributed by atoms with Gasteiger partial charge in [-0.2, -0.15) is 8.42 Å². The molecule has 2 aliphatic rings. The minimum atomic E-state index is -4.20. The molecule has 0 saturated heterocycles. The van der Waals surface area contributed by atoms with E-state index < -0.39 is 20.8 Å². The van der Waals surface area contributed by atoms with Crippen molar-refractivity contribution in [2.24, 2.45) is 0 Å². The van der Waals surface area contributed by atoms with E-state index in [0.717, 1.165) is 6.08 Å². The second-order valence-corrected chi connectivity index (χ2v) is 7.43. The normalized spacial score (nSPS) is 19.4. The van der Waals surface area contributed by atoms with Crippen LogP contribution in [0.2, 0.25) is 0 Å². The molecule has 0 amide bonds. The summed E-state index contributed by atoms with van der Waals surface area (Å²) < 4.78 is 35.0. The maximum Gasteiger partial charge on any atom is 0.343 e. The Morgan fingerprint density at radius 3 is 2.41 bits per heavy atom. The van der Waals surface area contributed by atoms with Gasteiger partial charge in [0.2, 0.25) is 5.78 Å². The second-order valence-electron chi connectivity index (χ2n) is 5.91. The topological polar surface area (TPSA) is 89.9 Å². The summed E-state index contributed by atoms with van der Waals surface area (Å²) in [6.07, 6.45) is 4.04. The first kappa shape index (κ1) is 17.1. The third kappa shape index (κ3) is 3.02. The molecule has 2 aliphatic heterocycles. The van der Waals surface area contributed by atoms with Gasteiger partial charge in [0.25, 0.3) is 0 Å². The van der Waals surface area contributed by atoms with Crippen LogP contribution < -0.4 is 8.92 Å². The van der Waals surface area contributed by atoms with Crippen molar-refractivity contribution in [3.63, 3.8) is 0 Å². The number of carbonyl (C=O) groups is 1. The summed E-state index contributed by atoms with van der Waals surface area (Å²) in [4.78, 5) is 12.0. The molecule has 4 rings (SSSR count). The number of benzene rings is 2. The van der Waals surface area contributed by atoms with Crippen LogP contribution >= 0.6 is 0 Å². The van der Waals surface area contributed by atoms with E-state index in [9.17, 15) is 18.3 Å². The lowest BCUT2D eigenvalue weighted by Crippen LogP contribution is -2.25. The van der Waals surface area contributed by atoms with Crippen LogP contribution in [0.15, 0.2) is 77.2 Å². The van der Waals surface area contributed by atoms with Gasteiger partial charge >= 0.3 is 10.1 Å². The van der Waals surface area contributed by atoms with E-state index in [1.807, 2.05) is 0 Å². The third-order valence-electron chi connectivity index (χ3n) is 4.20. The molecule has 2 heterocycles. The Morgan fingerprint density at radius 2 is 1.63 bits per heavy atom. The number of fused-ring (bicyclic) bond motifs is 2. The van der Waals surface area contributed by atoms with Crippen molar-refractivity contribution in [3.8, 4) is 11.5 Å². The van der Waals surface area contributed by atoms with Crippen molar-refractivity contribution in [2.75, 3.05) is 6.61 Å². The van der Waals surface area contributed by atoms with Crippen LogP contribution in [0, 0.1) is 0 Å². The molecule has 0 unspecified atom stereocenters. The number of Topliss-reactive ketones (excluding diaryl/α,β-unsaturated/α-hetero) is 1. The van der Waals surface area contributed by atoms with Crippen LogP contribution in [0.25, 0.3) is 5.76 Å². The molecule has 136 valence electrons. The van der Waals surface area contributed by atoms with Crippen LogP contribution in [-0.2, 0) is 10.1 Å². The minimum absolute atomic E-state index is 0.0151. The average Bonchev–Trinajstić information content (AvgIpc) is 2.66. The first-order valence-corrected chi connectivity index (χ1v) is 9.49. The number of ketones is 1. The molecule has 7 heteroatoms. The Kier molecular flexibility index (Phi) is 4.08. The van der Waals surface area contributed by atoms with Gasteiger partial charge in [-0.05, 0) is 30.3 Å². The summed E-state index contributed by atoms with van der Waals surface area (Å²) >= 11 is 0. The standard InChI is InChI=1S/C20H14O6S/c21-19-13(12-25-16-9-3-1-7-14(16)19)6-5-11-18-20(22)15-8-2-4-10-17(15)26-27(18,23)24/h1-11,21H,12H2/b6-5+,18-11-. The summed E-state index contributed by atoms with van der Waals surface area (Å²) in [5.74, 6) is -0.00215. The zero-order chi connectivity index (χ0) is 19.0. The van der Waals surface area contributed by atoms with Crippen molar-refractivity contribution < 1.29 is 27.2 Å². The second kappa shape index (κ2) is 6.44. The van der Waals surface area contributed by atoms with Crippen molar-refractivity contribution >= 4 is 21.7 Å². The highest BCUT2D eigenvalue weighted by atomic mass is 32.2. The van der Waals surface area contributed by atoms with E-state index >= 15 is 0 Å². The molecule has 0 fully saturated rings. The monoisotopic (exact) mass is 382 g/mol. The van der Waals surface area contributed by atoms with E-state index in [-0.39, 0.29) is 23.7 Å². The van der Waals surface area contributed by atoms with Crippen molar-refractivity contribution in [1.29, 1.82) is 0 Å². The molecule has 0 saturated carbocycles. The summed E-state index contributed by atoms with van der Waals surface area (Å²) in [6.45, 7) is 0.128. The summed E-state index contributed by atoms with van der Waals surface area (Å²) in [7, 11) is -4.20. The van der Waals surface area contributed by atoms with Gasteiger partial charge in [0.1, 0.15) is 18.1 Å². The lowest BCUT2D eigenvalue weighted by Gasteiger charge is -2.19. The van der Waals surface area contributed by atoms with Crippen LogP contribution in [0.3, 0.4) is 0 Å². The summed E-state index contributed by atoms with van der Waals surface area (Å²) in [5, 5.41) is 10.4. The van der Waals surface area contributed by atoms with Gasteiger partial charge in [-0.15, -0.1) is 0 Å². The zero-order valence-electron chi connectivity index (χ0n) is 14.0. The lowest BCUT2D eigenvalue weighted by molar-refractivity contribution is 0.103. The fourth-order valence-electron chi connectivity index (χ4n) is 2.86. The first-order valence-electron chi connectivity index (χ1n) is 8.08. The van der Waals surface area contributed by atoms with Gasteiger partial charge in [-0.25, -0.2) is 0 Å². The SMILES string of the molecule is O=C1/C(=C/C=C/C2=C(O)c3ccccc3OC2)S(=O)(=O)Oc2ccccc21. The lowest BCUT2D eigenvalue weighted by atomic mass is 10.0. The van der Waals surface area contributed by atoms with Gasteiger partial charge in [0.15, 0.2) is 10.7 Å². The summed E-state index contributed by atoms with van der Waals surface area (Å²) in [5.41, 5.74) is 1.20. The molecule has 0 aliphatic carbocycles. The molecule has 27 heavy (non-hydrogen) atoms. The maximum absolute atomic E-state index is 12.5. The number of aliphatic hydroxyl groups is 1. The molecule has 0 spiro atoms. The van der Waals surface area contributed by atoms with E-state index in [0.29, 0.717) is 16.9 Å². The molecule has 2 aromatic carbocycles. The molecule has 0 radical (unpaired) electrons. The molecule has 0 bridgehead atoms. The van der Waals surface area contributed by atoms with Gasteiger partial charge in [-0.1, -0.05) is 36.4 Å². The number of carbonyl (C=O) groups excluding carboxylic acids is 1. The van der Waals surface area contributed by atoms with Crippen molar-refractivity contribution in [2.45, 2.75) is 0 Å². The zero-order valence-corrected chi connectivity index (χ0v) is 14.8. The number of ether oxygens (including phenoxy) is 1. The molecule has 0 atom stereocenters. The third-order valence-corrected chi connectivity index (χ3v) is 5.46. The van der Waals surface area contributed by atoms with E-state index in [1.54, 1.807) is 36.4 Å². The van der Waals surface area contributed by atoms with Crippen LogP contribution in [0.1, 0.15) is 15.9 Å². The van der Waals surface area contributed by atoms with Gasteiger partial charge in [0.05, 0.1) is 11.1 Å². The van der Waals surface area contributed by atoms with Gasteiger partial charge < -0.3 is 14.0 Å². The molecule has 1 N–H and O–H groups in total. The highest BCUT2D eigenvalue weighted by Crippen LogP contribution is 2.33. The molecular weight excluding hydrogens is 368 g/mol. The van der Waals surface area contributed by atoms with E-state index in [4.69, 9.17) is 8.92 Å². The number of hydrogen-bond donors (Lipinski definition) is 1. The Morgan fingerprint density at radius 1 is 0.963 bits per heavy atom. The molecule has 2 aromatic rings. The predicted octanol–water partition coefficient (Wildman–Crippen LogP) is 3.39. The highest BCUT2D eigenvalue weighted by Gasteiger charge is 2.35. The Labute approximate surface area is 155 Å². The number of allylic oxidation sites excluding steroid dienone is 3. The molecular formula is C20H14O6S. The van der Waals surface area contributed by atoms with Gasteiger partial charge in [-0.3, -0.25) is 4.79 Å². The number of hydrogen-bond acceptors (Lipinski definition) is 6. The fourth-order valence-corrected chi connectivity index (χ4v) is 3.91. The summed E-state index contributed by atoms with van der Waals surface area (Å²) in [6, 6.07) is 13.2. The van der Waals surface area contributed by atoms with Crippen LogP contribution in [-0.4, -0.2) is 25.9 Å². The average molecular weight is 382 g/mol. The van der Waals surface area contributed by atoms with Gasteiger partial charge in [0, 0.05) is 5.57 Å².